The number of aromatic nitrogens is 2. The summed E-state index contributed by atoms with van der Waals surface area (Å²) in [7, 11) is 0. The Hall–Kier alpha value is -2.44. The van der Waals surface area contributed by atoms with E-state index in [9.17, 15) is 0 Å². The molecule has 2 heterocycles. The molecule has 126 valence electrons. The first-order valence-electron chi connectivity index (χ1n) is 7.89. The van der Waals surface area contributed by atoms with Gasteiger partial charge in [0.25, 0.3) is 0 Å². The third-order valence-electron chi connectivity index (χ3n) is 4.08. The molecule has 0 aliphatic carbocycles. The van der Waals surface area contributed by atoms with Crippen LogP contribution in [0.15, 0.2) is 78.4 Å². The molecule has 4 nitrogen and oxygen atoms in total. The van der Waals surface area contributed by atoms with E-state index in [2.05, 4.69) is 41.8 Å². The molecule has 0 atom stereocenters. The smallest absolute Gasteiger partial charge is 0.227 e. The number of fused-ring (bicyclic) bond motifs is 2. The number of rotatable bonds is 2. The van der Waals surface area contributed by atoms with Gasteiger partial charge in [-0.15, -0.1) is 0 Å². The Kier molecular flexibility index (Phi) is 3.69. The molecule has 2 aromatic heterocycles. The Morgan fingerprint density at radius 2 is 1.00 bits per heavy atom. The highest BCUT2D eigenvalue weighted by Crippen LogP contribution is 2.31. The molecule has 0 saturated carbocycles. The summed E-state index contributed by atoms with van der Waals surface area (Å²) in [6.07, 6.45) is 0. The van der Waals surface area contributed by atoms with Gasteiger partial charge in [-0.05, 0) is 54.6 Å². The van der Waals surface area contributed by atoms with Gasteiger partial charge in [-0.2, -0.15) is 0 Å². The minimum atomic E-state index is 0.577. The lowest BCUT2D eigenvalue weighted by atomic mass is 10.2. The highest BCUT2D eigenvalue weighted by atomic mass is 79.9. The largest absolute Gasteiger partial charge is 0.436 e. The average Bonchev–Trinajstić information content (AvgIpc) is 3.23. The van der Waals surface area contributed by atoms with Crippen molar-refractivity contribution < 1.29 is 8.83 Å². The van der Waals surface area contributed by atoms with Crippen LogP contribution in [0.4, 0.5) is 0 Å². The maximum Gasteiger partial charge on any atom is 0.227 e. The molecule has 0 bridgehead atoms. The van der Waals surface area contributed by atoms with Crippen molar-refractivity contribution in [3.63, 3.8) is 0 Å². The lowest BCUT2D eigenvalue weighted by Gasteiger charge is -1.94. The van der Waals surface area contributed by atoms with E-state index in [0.717, 1.165) is 31.1 Å². The molecule has 6 heteroatoms. The van der Waals surface area contributed by atoms with Gasteiger partial charge >= 0.3 is 0 Å². The third kappa shape index (κ3) is 2.75. The molecule has 0 N–H and O–H groups in total. The second-order valence-corrected chi connectivity index (χ2v) is 7.67. The van der Waals surface area contributed by atoms with E-state index in [-0.39, 0.29) is 0 Å². The molecular weight excluding hydrogens is 460 g/mol. The minimum absolute atomic E-state index is 0.577. The standard InChI is InChI=1S/C20H10Br2N2O2/c21-13-5-1-11(2-6-13)19-23-15-9-16-18(10-17(15)25-19)26-20(24-16)12-3-7-14(22)8-4-12/h1-10H. The molecule has 0 aliphatic heterocycles. The van der Waals surface area contributed by atoms with E-state index in [1.807, 2.05) is 60.7 Å². The zero-order valence-electron chi connectivity index (χ0n) is 13.2. The van der Waals surface area contributed by atoms with Gasteiger partial charge < -0.3 is 8.83 Å². The number of hydrogen-bond acceptors (Lipinski definition) is 4. The van der Waals surface area contributed by atoms with Gasteiger partial charge in [0.05, 0.1) is 0 Å². The molecule has 3 aromatic carbocycles. The highest BCUT2D eigenvalue weighted by molar-refractivity contribution is 9.10. The van der Waals surface area contributed by atoms with E-state index in [1.54, 1.807) is 0 Å². The summed E-state index contributed by atoms with van der Waals surface area (Å²) in [4.78, 5) is 9.17. The van der Waals surface area contributed by atoms with Gasteiger partial charge in [0, 0.05) is 26.1 Å². The highest BCUT2D eigenvalue weighted by Gasteiger charge is 2.14. The van der Waals surface area contributed by atoms with Crippen molar-refractivity contribution in [2.24, 2.45) is 0 Å². The third-order valence-corrected chi connectivity index (χ3v) is 5.14. The SMILES string of the molecule is Brc1ccc(-c2nc3cc4nc(-c5ccc(Br)cc5)oc4cc3o2)cc1. The predicted octanol–water partition coefficient (Wildman–Crippen LogP) is 6.83. The van der Waals surface area contributed by atoms with Crippen LogP contribution < -0.4 is 0 Å². The molecule has 0 amide bonds. The van der Waals surface area contributed by atoms with Crippen LogP contribution in [-0.2, 0) is 0 Å². The molecule has 0 unspecified atom stereocenters. The Balaban J connectivity index is 1.60. The minimum Gasteiger partial charge on any atom is -0.436 e. The maximum atomic E-state index is 5.91. The Morgan fingerprint density at radius 3 is 1.42 bits per heavy atom. The summed E-state index contributed by atoms with van der Waals surface area (Å²) >= 11 is 6.87. The number of oxazole rings is 2. The van der Waals surface area contributed by atoms with Gasteiger partial charge in [0.2, 0.25) is 11.8 Å². The van der Waals surface area contributed by atoms with Crippen LogP contribution in [0.25, 0.3) is 45.1 Å². The summed E-state index contributed by atoms with van der Waals surface area (Å²) in [5.74, 6) is 1.15. The molecule has 0 radical (unpaired) electrons. The van der Waals surface area contributed by atoms with E-state index in [0.29, 0.717) is 22.9 Å². The van der Waals surface area contributed by atoms with Crippen molar-refractivity contribution in [1.82, 2.24) is 9.97 Å². The van der Waals surface area contributed by atoms with E-state index < -0.39 is 0 Å². The van der Waals surface area contributed by atoms with Crippen LogP contribution >= 0.6 is 31.9 Å². The van der Waals surface area contributed by atoms with E-state index in [1.165, 1.54) is 0 Å². The summed E-state index contributed by atoms with van der Waals surface area (Å²) in [5, 5.41) is 0. The van der Waals surface area contributed by atoms with Crippen molar-refractivity contribution in [2.75, 3.05) is 0 Å². The lowest BCUT2D eigenvalue weighted by molar-refractivity contribution is 0.609. The van der Waals surface area contributed by atoms with Crippen LogP contribution in [0.2, 0.25) is 0 Å². The van der Waals surface area contributed by atoms with Gasteiger partial charge in [0.15, 0.2) is 11.2 Å². The number of hydrogen-bond donors (Lipinski definition) is 0. The summed E-state index contributed by atoms with van der Waals surface area (Å²) in [5.41, 5.74) is 4.70. The van der Waals surface area contributed by atoms with E-state index >= 15 is 0 Å². The van der Waals surface area contributed by atoms with Gasteiger partial charge in [-0.25, -0.2) is 9.97 Å². The van der Waals surface area contributed by atoms with Crippen LogP contribution in [0.3, 0.4) is 0 Å². The number of benzene rings is 3. The second kappa shape index (κ2) is 6.07. The van der Waals surface area contributed by atoms with Crippen molar-refractivity contribution >= 4 is 54.1 Å². The number of nitrogens with zero attached hydrogens (tertiary/aromatic N) is 2. The fourth-order valence-electron chi connectivity index (χ4n) is 2.78. The normalized spacial score (nSPS) is 11.5. The molecule has 5 rings (SSSR count). The zero-order valence-corrected chi connectivity index (χ0v) is 16.4. The molecule has 0 spiro atoms. The predicted molar refractivity (Wildman–Crippen MR) is 108 cm³/mol. The zero-order chi connectivity index (χ0) is 17.7. The van der Waals surface area contributed by atoms with Crippen molar-refractivity contribution in [1.29, 1.82) is 0 Å². The fraction of sp³-hybridized carbons (Fsp3) is 0. The maximum absolute atomic E-state index is 5.91. The average molecular weight is 470 g/mol. The Labute approximate surface area is 165 Å². The monoisotopic (exact) mass is 468 g/mol. The Bertz CT molecular complexity index is 1090. The van der Waals surface area contributed by atoms with Gasteiger partial charge in [-0.3, -0.25) is 0 Å². The lowest BCUT2D eigenvalue weighted by Crippen LogP contribution is -1.77. The molecule has 0 fully saturated rings. The van der Waals surface area contributed by atoms with Crippen LogP contribution in [-0.4, -0.2) is 9.97 Å². The molecular formula is C20H10Br2N2O2. The van der Waals surface area contributed by atoms with Crippen molar-refractivity contribution in [2.45, 2.75) is 0 Å². The van der Waals surface area contributed by atoms with E-state index in [4.69, 9.17) is 8.83 Å². The summed E-state index contributed by atoms with van der Waals surface area (Å²) < 4.78 is 13.9. The molecule has 0 aliphatic rings. The van der Waals surface area contributed by atoms with Crippen molar-refractivity contribution in [3.05, 3.63) is 69.6 Å². The first-order chi connectivity index (χ1) is 12.7. The fourth-order valence-corrected chi connectivity index (χ4v) is 3.31. The quantitative estimate of drug-likeness (QED) is 0.284. The van der Waals surface area contributed by atoms with Crippen LogP contribution in [0.5, 0.6) is 0 Å². The van der Waals surface area contributed by atoms with Crippen molar-refractivity contribution in [3.8, 4) is 22.9 Å². The molecule has 5 aromatic rings. The summed E-state index contributed by atoms with van der Waals surface area (Å²) in [6, 6.07) is 19.4. The first-order valence-corrected chi connectivity index (χ1v) is 9.47. The Morgan fingerprint density at radius 1 is 0.577 bits per heavy atom. The second-order valence-electron chi connectivity index (χ2n) is 5.84. The number of halogens is 2. The molecule has 0 saturated heterocycles. The van der Waals surface area contributed by atoms with Gasteiger partial charge in [-0.1, -0.05) is 31.9 Å². The van der Waals surface area contributed by atoms with Gasteiger partial charge in [0.1, 0.15) is 11.0 Å². The molecule has 26 heavy (non-hydrogen) atoms. The van der Waals surface area contributed by atoms with Crippen LogP contribution in [0.1, 0.15) is 0 Å². The first kappa shape index (κ1) is 15.8. The topological polar surface area (TPSA) is 52.1 Å². The summed E-state index contributed by atoms with van der Waals surface area (Å²) in [6.45, 7) is 0. The van der Waals surface area contributed by atoms with Crippen LogP contribution in [0, 0.1) is 0 Å².